The van der Waals surface area contributed by atoms with Gasteiger partial charge in [-0.05, 0) is 35.7 Å². The molecular formula is C24H24N2O3. The number of amides is 2. The van der Waals surface area contributed by atoms with E-state index in [4.69, 9.17) is 4.74 Å². The Morgan fingerprint density at radius 2 is 1.38 bits per heavy atom. The molecule has 3 rings (SSSR count). The van der Waals surface area contributed by atoms with Crippen molar-refractivity contribution in [1.82, 2.24) is 10.6 Å². The maximum atomic E-state index is 12.1. The van der Waals surface area contributed by atoms with Crippen LogP contribution in [-0.4, -0.2) is 25.0 Å². The fourth-order valence-corrected chi connectivity index (χ4v) is 2.87. The van der Waals surface area contributed by atoms with Crippen LogP contribution >= 0.6 is 0 Å². The molecule has 0 radical (unpaired) electrons. The van der Waals surface area contributed by atoms with E-state index in [-0.39, 0.29) is 31.0 Å². The summed E-state index contributed by atoms with van der Waals surface area (Å²) >= 11 is 0. The summed E-state index contributed by atoms with van der Waals surface area (Å²) in [5, 5.41) is 5.45. The van der Waals surface area contributed by atoms with Crippen molar-refractivity contribution in [1.29, 1.82) is 0 Å². The summed E-state index contributed by atoms with van der Waals surface area (Å²) in [5.74, 6) is 0.0150. The number of para-hydroxylation sites is 1. The number of hydrogen-bond acceptors (Lipinski definition) is 3. The van der Waals surface area contributed by atoms with Crippen LogP contribution in [0.15, 0.2) is 84.9 Å². The Labute approximate surface area is 170 Å². The second-order valence-electron chi connectivity index (χ2n) is 6.66. The Bertz CT molecular complexity index is 925. The molecule has 0 fully saturated rings. The van der Waals surface area contributed by atoms with E-state index in [2.05, 4.69) is 22.8 Å². The SMILES string of the molecule is C[C@H](NC(=O)CNC(=O)COc1ccccc1)c1ccc(-c2ccccc2)cc1. The number of nitrogens with one attached hydrogen (secondary N) is 2. The normalized spacial score (nSPS) is 11.3. The van der Waals surface area contributed by atoms with Crippen LogP contribution < -0.4 is 15.4 Å². The van der Waals surface area contributed by atoms with Gasteiger partial charge in [0.15, 0.2) is 6.61 Å². The first kappa shape index (κ1) is 20.1. The summed E-state index contributed by atoms with van der Waals surface area (Å²) in [6, 6.07) is 27.1. The van der Waals surface area contributed by atoms with E-state index in [1.807, 2.05) is 67.6 Å². The lowest BCUT2D eigenvalue weighted by atomic mass is 10.0. The van der Waals surface area contributed by atoms with Gasteiger partial charge in [-0.25, -0.2) is 0 Å². The molecule has 0 unspecified atom stereocenters. The number of rotatable bonds is 8. The van der Waals surface area contributed by atoms with E-state index < -0.39 is 0 Å². The van der Waals surface area contributed by atoms with Crippen LogP contribution in [0, 0.1) is 0 Å². The lowest BCUT2D eigenvalue weighted by molar-refractivity contribution is -0.127. The molecule has 3 aromatic carbocycles. The van der Waals surface area contributed by atoms with Crippen LogP contribution in [0.4, 0.5) is 0 Å². The van der Waals surface area contributed by atoms with Crippen LogP contribution in [0.2, 0.25) is 0 Å². The molecule has 0 aliphatic carbocycles. The van der Waals surface area contributed by atoms with Crippen molar-refractivity contribution < 1.29 is 14.3 Å². The summed E-state index contributed by atoms with van der Waals surface area (Å²) in [6.07, 6.45) is 0. The predicted molar refractivity (Wildman–Crippen MR) is 113 cm³/mol. The molecule has 0 heterocycles. The first-order valence-corrected chi connectivity index (χ1v) is 9.51. The zero-order valence-electron chi connectivity index (χ0n) is 16.3. The minimum absolute atomic E-state index is 0.0938. The topological polar surface area (TPSA) is 67.4 Å². The molecule has 0 bridgehead atoms. The Kier molecular flexibility index (Phi) is 7.00. The van der Waals surface area contributed by atoms with Crippen LogP contribution in [0.1, 0.15) is 18.5 Å². The third kappa shape index (κ3) is 6.21. The van der Waals surface area contributed by atoms with Gasteiger partial charge >= 0.3 is 0 Å². The Morgan fingerprint density at radius 3 is 2.03 bits per heavy atom. The van der Waals surface area contributed by atoms with Gasteiger partial charge in [-0.1, -0.05) is 72.8 Å². The number of ether oxygens (including phenoxy) is 1. The first-order chi connectivity index (χ1) is 14.1. The van der Waals surface area contributed by atoms with Gasteiger partial charge in [0.1, 0.15) is 5.75 Å². The summed E-state index contributed by atoms with van der Waals surface area (Å²) in [5.41, 5.74) is 3.27. The van der Waals surface area contributed by atoms with E-state index >= 15 is 0 Å². The van der Waals surface area contributed by atoms with Gasteiger partial charge in [0, 0.05) is 0 Å². The van der Waals surface area contributed by atoms with Crippen molar-refractivity contribution in [3.05, 3.63) is 90.5 Å². The predicted octanol–water partition coefficient (Wildman–Crippen LogP) is 3.73. The minimum atomic E-state index is -0.344. The van der Waals surface area contributed by atoms with E-state index in [0.29, 0.717) is 5.75 Å². The molecule has 148 valence electrons. The van der Waals surface area contributed by atoms with E-state index in [0.717, 1.165) is 16.7 Å². The van der Waals surface area contributed by atoms with Gasteiger partial charge in [0.2, 0.25) is 5.91 Å². The molecule has 0 spiro atoms. The Hall–Kier alpha value is -3.60. The van der Waals surface area contributed by atoms with Crippen LogP contribution in [-0.2, 0) is 9.59 Å². The van der Waals surface area contributed by atoms with Gasteiger partial charge in [0.05, 0.1) is 12.6 Å². The first-order valence-electron chi connectivity index (χ1n) is 9.51. The van der Waals surface area contributed by atoms with Gasteiger partial charge in [-0.2, -0.15) is 0 Å². The van der Waals surface area contributed by atoms with Crippen molar-refractivity contribution in [3.8, 4) is 16.9 Å². The fraction of sp³-hybridized carbons (Fsp3) is 0.167. The van der Waals surface area contributed by atoms with Gasteiger partial charge in [-0.3, -0.25) is 9.59 Å². The number of carbonyl (C=O) groups is 2. The van der Waals surface area contributed by atoms with E-state index in [1.165, 1.54) is 0 Å². The fourth-order valence-electron chi connectivity index (χ4n) is 2.87. The summed E-state index contributed by atoms with van der Waals surface area (Å²) in [4.78, 5) is 24.0. The van der Waals surface area contributed by atoms with Gasteiger partial charge in [-0.15, -0.1) is 0 Å². The third-order valence-corrected chi connectivity index (χ3v) is 4.45. The molecule has 2 N–H and O–H groups in total. The third-order valence-electron chi connectivity index (χ3n) is 4.45. The van der Waals surface area contributed by atoms with Crippen molar-refractivity contribution in [2.75, 3.05) is 13.2 Å². The molecular weight excluding hydrogens is 364 g/mol. The van der Waals surface area contributed by atoms with Crippen molar-refractivity contribution in [3.63, 3.8) is 0 Å². The average Bonchev–Trinajstić information content (AvgIpc) is 2.77. The molecule has 5 nitrogen and oxygen atoms in total. The molecule has 3 aromatic rings. The van der Waals surface area contributed by atoms with Gasteiger partial charge in [0.25, 0.3) is 5.91 Å². The highest BCUT2D eigenvalue weighted by molar-refractivity contribution is 5.85. The molecule has 1 atom stereocenters. The molecule has 5 heteroatoms. The maximum absolute atomic E-state index is 12.1. The zero-order chi connectivity index (χ0) is 20.5. The molecule has 0 aliphatic heterocycles. The number of benzene rings is 3. The quantitative estimate of drug-likeness (QED) is 0.618. The highest BCUT2D eigenvalue weighted by Crippen LogP contribution is 2.21. The largest absolute Gasteiger partial charge is 0.484 e. The maximum Gasteiger partial charge on any atom is 0.258 e. The molecule has 0 aromatic heterocycles. The Morgan fingerprint density at radius 1 is 0.793 bits per heavy atom. The van der Waals surface area contributed by atoms with Crippen molar-refractivity contribution >= 4 is 11.8 Å². The molecule has 2 amide bonds. The standard InChI is InChI=1S/C24H24N2O3/c1-18(19-12-14-21(15-13-19)20-8-4-2-5-9-20)26-23(27)16-25-24(28)17-29-22-10-6-3-7-11-22/h2-15,18H,16-17H2,1H3,(H,25,28)(H,26,27)/t18-/m0/s1. The van der Waals surface area contributed by atoms with Crippen LogP contribution in [0.3, 0.4) is 0 Å². The molecule has 0 aliphatic rings. The zero-order valence-corrected chi connectivity index (χ0v) is 16.3. The monoisotopic (exact) mass is 388 g/mol. The highest BCUT2D eigenvalue weighted by atomic mass is 16.5. The number of hydrogen-bond donors (Lipinski definition) is 2. The lowest BCUT2D eigenvalue weighted by Crippen LogP contribution is -2.39. The van der Waals surface area contributed by atoms with Gasteiger partial charge < -0.3 is 15.4 Å². The number of carbonyl (C=O) groups excluding carboxylic acids is 2. The molecule has 0 saturated heterocycles. The highest BCUT2D eigenvalue weighted by Gasteiger charge is 2.11. The van der Waals surface area contributed by atoms with Crippen LogP contribution in [0.25, 0.3) is 11.1 Å². The minimum Gasteiger partial charge on any atom is -0.484 e. The Balaban J connectivity index is 1.43. The lowest BCUT2D eigenvalue weighted by Gasteiger charge is -2.15. The second kappa shape index (κ2) is 10.1. The van der Waals surface area contributed by atoms with E-state index in [1.54, 1.807) is 12.1 Å². The van der Waals surface area contributed by atoms with Crippen molar-refractivity contribution in [2.24, 2.45) is 0 Å². The average molecular weight is 388 g/mol. The summed E-state index contributed by atoms with van der Waals surface area (Å²) in [7, 11) is 0. The van der Waals surface area contributed by atoms with Crippen LogP contribution in [0.5, 0.6) is 5.75 Å². The van der Waals surface area contributed by atoms with Crippen molar-refractivity contribution in [2.45, 2.75) is 13.0 Å². The van der Waals surface area contributed by atoms with E-state index in [9.17, 15) is 9.59 Å². The summed E-state index contributed by atoms with van der Waals surface area (Å²) < 4.78 is 5.35. The molecule has 29 heavy (non-hydrogen) atoms. The summed E-state index contributed by atoms with van der Waals surface area (Å²) in [6.45, 7) is 1.69. The smallest absolute Gasteiger partial charge is 0.258 e. The molecule has 0 saturated carbocycles. The second-order valence-corrected chi connectivity index (χ2v) is 6.66.